The molecule has 7 nitrogen and oxygen atoms in total. The zero-order chi connectivity index (χ0) is 27.7. The van der Waals surface area contributed by atoms with Gasteiger partial charge in [0.25, 0.3) is 0 Å². The molecule has 8 heteroatoms. The summed E-state index contributed by atoms with van der Waals surface area (Å²) in [5, 5.41) is 16.6. The molecule has 180 valence electrons. The van der Waals surface area contributed by atoms with E-state index in [1.807, 2.05) is 0 Å². The van der Waals surface area contributed by atoms with Gasteiger partial charge in [0.1, 0.15) is 17.5 Å². The summed E-state index contributed by atoms with van der Waals surface area (Å²) in [6.45, 7) is 0.246. The molecule has 0 radical (unpaired) electrons. The normalized spacial score (nSPS) is 17.3. The highest BCUT2D eigenvalue weighted by atomic mass is 19.1. The second kappa shape index (κ2) is 9.72. The van der Waals surface area contributed by atoms with E-state index in [1.165, 1.54) is 44.4 Å². The molecule has 2 aromatic carbocycles. The number of fused-ring (bicyclic) bond motifs is 1. The molecule has 0 spiro atoms. The highest BCUT2D eigenvalue weighted by Crippen LogP contribution is 2.27. The predicted molar refractivity (Wildman–Crippen MR) is 130 cm³/mol. The summed E-state index contributed by atoms with van der Waals surface area (Å²) in [6.07, 6.45) is 3.95. The number of likely N-dealkylation sites (N-methyl/N-ethyl adjacent to an activating group) is 1. The number of hydrogen-bond donors (Lipinski definition) is 2. The summed E-state index contributed by atoms with van der Waals surface area (Å²) in [7, 11) is 0. The zero-order valence-corrected chi connectivity index (χ0v) is 19.4. The molecule has 0 unspecified atom stereocenters. The lowest BCUT2D eigenvalue weighted by atomic mass is 10.0. The zero-order valence-electron chi connectivity index (χ0n) is 22.4. The van der Waals surface area contributed by atoms with E-state index in [0.29, 0.717) is 29.5 Å². The van der Waals surface area contributed by atoms with Gasteiger partial charge in [-0.25, -0.2) is 9.18 Å². The Morgan fingerprint density at radius 2 is 2.06 bits per heavy atom. The molecule has 2 heterocycles. The van der Waals surface area contributed by atoms with Crippen molar-refractivity contribution in [1.82, 2.24) is 15.1 Å². The monoisotopic (exact) mass is 477 g/mol. The highest BCUT2D eigenvalue weighted by Gasteiger charge is 2.30. The van der Waals surface area contributed by atoms with E-state index in [0.717, 1.165) is 15.1 Å². The number of hydrogen-bond acceptors (Lipinski definition) is 4. The van der Waals surface area contributed by atoms with Crippen molar-refractivity contribution in [1.29, 1.82) is 0 Å². The van der Waals surface area contributed by atoms with E-state index in [2.05, 4.69) is 22.3 Å². The minimum Gasteiger partial charge on any atom is -0.378 e. The summed E-state index contributed by atoms with van der Waals surface area (Å²) < 4.78 is 38.3. The van der Waals surface area contributed by atoms with Gasteiger partial charge in [0.15, 0.2) is 0 Å². The van der Waals surface area contributed by atoms with Crippen molar-refractivity contribution >= 4 is 17.6 Å². The first kappa shape index (κ1) is 20.4. The van der Waals surface area contributed by atoms with Crippen LogP contribution >= 0.6 is 0 Å². The molecule has 1 atom stereocenters. The maximum Gasteiger partial charge on any atom is 0.342 e. The van der Waals surface area contributed by atoms with Crippen LogP contribution < -0.4 is 10.2 Å². The van der Waals surface area contributed by atoms with Crippen LogP contribution in [0.4, 0.5) is 14.9 Å². The Balaban J connectivity index is 1.55. The van der Waals surface area contributed by atoms with Crippen LogP contribution in [0.2, 0.25) is 0 Å². The topological polar surface area (TPSA) is 87.5 Å². The molecule has 0 bridgehead atoms. The van der Waals surface area contributed by atoms with Gasteiger partial charge in [-0.15, -0.1) is 0 Å². The molecule has 2 amide bonds. The highest BCUT2D eigenvalue weighted by molar-refractivity contribution is 6.00. The maximum atomic E-state index is 13.4. The lowest BCUT2D eigenvalue weighted by Gasteiger charge is -2.22. The van der Waals surface area contributed by atoms with Crippen molar-refractivity contribution in [3.8, 4) is 11.8 Å². The van der Waals surface area contributed by atoms with Crippen LogP contribution in [0, 0.1) is 17.7 Å². The molecule has 0 aliphatic carbocycles. The number of rotatable bonds is 3. The van der Waals surface area contributed by atoms with Gasteiger partial charge in [-0.1, -0.05) is 30.0 Å². The molecule has 35 heavy (non-hydrogen) atoms. The number of carbonyl (C=O) groups excluding carboxylic acids is 2. The minimum absolute atomic E-state index is 0.183. The molecule has 1 aromatic heterocycles. The Labute approximate surface area is 207 Å². The van der Waals surface area contributed by atoms with E-state index in [4.69, 9.17) is 4.11 Å². The molecule has 2 N–H and O–H groups in total. The van der Waals surface area contributed by atoms with Crippen molar-refractivity contribution in [3.05, 3.63) is 82.9 Å². The first-order chi connectivity index (χ1) is 17.8. The first-order valence-corrected chi connectivity index (χ1v) is 11.1. The van der Waals surface area contributed by atoms with E-state index in [9.17, 15) is 19.1 Å². The number of carbonyl (C=O) groups is 2. The Morgan fingerprint density at radius 3 is 2.77 bits per heavy atom. The number of anilines is 1. The molecule has 0 saturated carbocycles. The Kier molecular flexibility index (Phi) is 5.67. The Morgan fingerprint density at radius 1 is 1.29 bits per heavy atom. The number of aliphatic hydroxyl groups is 1. The van der Waals surface area contributed by atoms with Gasteiger partial charge in [0.2, 0.25) is 5.91 Å². The molecule has 1 aliphatic rings. The Hall–Kier alpha value is -3.96. The number of nitrogens with zero attached hydrogens (tertiary/aromatic N) is 3. The van der Waals surface area contributed by atoms with Crippen molar-refractivity contribution in [3.63, 3.8) is 0 Å². The number of nitrogens with one attached hydrogen (secondary N) is 1. The SMILES string of the molecule is [2H]C([2H])([2H])N1C(=O)[C@@H](NC(=O)n2cc(Cc3ccc(F)cc3)cn2)CCc2ccc(C#CC(C)(C)O)cc21. The van der Waals surface area contributed by atoms with Crippen LogP contribution in [0.15, 0.2) is 54.9 Å². The second-order valence-electron chi connectivity index (χ2n) is 8.96. The number of halogens is 1. The third kappa shape index (κ3) is 5.94. The van der Waals surface area contributed by atoms with E-state index < -0.39 is 30.6 Å². The average molecular weight is 478 g/mol. The van der Waals surface area contributed by atoms with E-state index >= 15 is 0 Å². The average Bonchev–Trinajstić information content (AvgIpc) is 3.24. The van der Waals surface area contributed by atoms with Crippen molar-refractivity contribution < 1.29 is 23.2 Å². The minimum atomic E-state index is -2.81. The fourth-order valence-electron chi connectivity index (χ4n) is 3.73. The summed E-state index contributed by atoms with van der Waals surface area (Å²) in [4.78, 5) is 27.1. The van der Waals surface area contributed by atoms with Crippen LogP contribution in [-0.2, 0) is 17.6 Å². The van der Waals surface area contributed by atoms with Crippen molar-refractivity contribution in [2.45, 2.75) is 44.8 Å². The van der Waals surface area contributed by atoms with Crippen LogP contribution in [0.25, 0.3) is 0 Å². The van der Waals surface area contributed by atoms with Crippen LogP contribution in [-0.4, -0.2) is 45.4 Å². The van der Waals surface area contributed by atoms with E-state index in [-0.39, 0.29) is 17.9 Å². The third-order valence-electron chi connectivity index (χ3n) is 5.52. The summed E-state index contributed by atoms with van der Waals surface area (Å²) in [5.74, 6) is 4.37. The molecular formula is C27H27FN4O3. The first-order valence-electron chi connectivity index (χ1n) is 12.6. The van der Waals surface area contributed by atoms with Crippen molar-refractivity contribution in [2.24, 2.45) is 0 Å². The Bertz CT molecular complexity index is 1420. The van der Waals surface area contributed by atoms with Gasteiger partial charge in [-0.3, -0.25) is 4.79 Å². The fourth-order valence-corrected chi connectivity index (χ4v) is 3.73. The second-order valence-corrected chi connectivity index (χ2v) is 8.96. The molecule has 0 fully saturated rings. The smallest absolute Gasteiger partial charge is 0.342 e. The van der Waals surface area contributed by atoms with E-state index in [1.54, 1.807) is 24.3 Å². The lowest BCUT2D eigenvalue weighted by Crippen LogP contribution is -2.48. The van der Waals surface area contributed by atoms with Crippen molar-refractivity contribution in [2.75, 3.05) is 11.9 Å². The standard InChI is InChI=1S/C27H27FN4O3/c1-27(2,35)13-12-19-4-7-21-8-11-23(25(33)31(3)24(21)15-19)30-26(34)32-17-20(16-29-32)14-18-5-9-22(28)10-6-18/h4-7,9-10,15-17,23,35H,8,11,14H2,1-3H3,(H,30,34)/t23-/m0/s1/i3D3. The molecule has 4 rings (SSSR count). The van der Waals surface area contributed by atoms with Crippen LogP contribution in [0.3, 0.4) is 0 Å². The summed E-state index contributed by atoms with van der Waals surface area (Å²) >= 11 is 0. The molecular weight excluding hydrogens is 447 g/mol. The molecule has 3 aromatic rings. The molecule has 0 saturated heterocycles. The maximum absolute atomic E-state index is 13.4. The largest absolute Gasteiger partial charge is 0.378 e. The van der Waals surface area contributed by atoms with Gasteiger partial charge in [0.05, 0.1) is 6.20 Å². The van der Waals surface area contributed by atoms with Gasteiger partial charge in [0, 0.05) is 35.0 Å². The molecule has 1 aliphatic heterocycles. The lowest BCUT2D eigenvalue weighted by molar-refractivity contribution is -0.120. The van der Waals surface area contributed by atoms with Gasteiger partial charge >= 0.3 is 6.03 Å². The summed E-state index contributed by atoms with van der Waals surface area (Å²) in [5.41, 5.74) is 1.56. The van der Waals surface area contributed by atoms with Gasteiger partial charge in [-0.05, 0) is 67.6 Å². The van der Waals surface area contributed by atoms with Gasteiger partial charge < -0.3 is 15.3 Å². The fraction of sp³-hybridized carbons (Fsp3) is 0.296. The number of aryl methyl sites for hydroxylation is 1. The van der Waals surface area contributed by atoms with Crippen LogP contribution in [0.5, 0.6) is 0 Å². The summed E-state index contributed by atoms with van der Waals surface area (Å²) in [6, 6.07) is 9.11. The number of aromatic nitrogens is 2. The quantitative estimate of drug-likeness (QED) is 0.567. The third-order valence-corrected chi connectivity index (χ3v) is 5.52. The number of amides is 2. The number of benzene rings is 2. The van der Waals surface area contributed by atoms with Gasteiger partial charge in [-0.2, -0.15) is 9.78 Å². The van der Waals surface area contributed by atoms with Crippen LogP contribution in [0.1, 0.15) is 46.6 Å². The predicted octanol–water partition coefficient (Wildman–Crippen LogP) is 3.27.